The standard InChI is InChI=1S/C13H21NO2S/c1-3-10-17(15,16)11-9-14-13-8-6-5-7-12(13)4-2/h5-8,14H,3-4,9-11H2,1-2H3. The fraction of sp³-hybridized carbons (Fsp3) is 0.538. The second kappa shape index (κ2) is 6.64. The molecule has 0 aliphatic heterocycles. The first-order valence-corrected chi connectivity index (χ1v) is 7.93. The number of hydrogen-bond acceptors (Lipinski definition) is 3. The second-order valence-corrected chi connectivity index (χ2v) is 6.39. The molecule has 4 heteroatoms. The number of aryl methyl sites for hydroxylation is 1. The van der Waals surface area contributed by atoms with E-state index in [0.29, 0.717) is 13.0 Å². The van der Waals surface area contributed by atoms with Crippen LogP contribution < -0.4 is 5.32 Å². The van der Waals surface area contributed by atoms with E-state index in [1.807, 2.05) is 25.1 Å². The Morgan fingerprint density at radius 1 is 1.12 bits per heavy atom. The van der Waals surface area contributed by atoms with Gasteiger partial charge >= 0.3 is 0 Å². The molecule has 0 atom stereocenters. The molecule has 0 heterocycles. The molecule has 0 bridgehead atoms. The minimum Gasteiger partial charge on any atom is -0.384 e. The van der Waals surface area contributed by atoms with Gasteiger partial charge in [0, 0.05) is 18.0 Å². The predicted octanol–water partition coefficient (Wildman–Crippen LogP) is 2.49. The maximum atomic E-state index is 11.5. The molecule has 0 aromatic heterocycles. The van der Waals surface area contributed by atoms with Crippen molar-refractivity contribution in [3.8, 4) is 0 Å². The fourth-order valence-electron chi connectivity index (χ4n) is 1.76. The number of sulfone groups is 1. The van der Waals surface area contributed by atoms with E-state index in [2.05, 4.69) is 18.3 Å². The van der Waals surface area contributed by atoms with E-state index >= 15 is 0 Å². The quantitative estimate of drug-likeness (QED) is 0.814. The molecule has 1 N–H and O–H groups in total. The van der Waals surface area contributed by atoms with Crippen molar-refractivity contribution >= 4 is 15.5 Å². The van der Waals surface area contributed by atoms with Crippen LogP contribution in [0, 0.1) is 0 Å². The number of benzene rings is 1. The third kappa shape index (κ3) is 4.77. The molecule has 0 radical (unpaired) electrons. The summed E-state index contributed by atoms with van der Waals surface area (Å²) in [5.41, 5.74) is 2.27. The van der Waals surface area contributed by atoms with Crippen molar-refractivity contribution in [3.63, 3.8) is 0 Å². The molecule has 96 valence electrons. The van der Waals surface area contributed by atoms with E-state index in [-0.39, 0.29) is 11.5 Å². The van der Waals surface area contributed by atoms with Gasteiger partial charge < -0.3 is 5.32 Å². The molecule has 0 amide bonds. The number of nitrogens with one attached hydrogen (secondary N) is 1. The molecule has 1 aromatic rings. The first-order valence-electron chi connectivity index (χ1n) is 6.11. The van der Waals surface area contributed by atoms with Crippen LogP contribution in [0.25, 0.3) is 0 Å². The van der Waals surface area contributed by atoms with Gasteiger partial charge in [0.2, 0.25) is 0 Å². The van der Waals surface area contributed by atoms with Gasteiger partial charge in [-0.25, -0.2) is 8.42 Å². The zero-order valence-electron chi connectivity index (χ0n) is 10.6. The van der Waals surface area contributed by atoms with Gasteiger partial charge in [0.15, 0.2) is 9.84 Å². The monoisotopic (exact) mass is 255 g/mol. The van der Waals surface area contributed by atoms with Crippen molar-refractivity contribution in [2.24, 2.45) is 0 Å². The normalized spacial score (nSPS) is 11.4. The van der Waals surface area contributed by atoms with E-state index < -0.39 is 9.84 Å². The van der Waals surface area contributed by atoms with Crippen molar-refractivity contribution < 1.29 is 8.42 Å². The SMILES string of the molecule is CCCS(=O)(=O)CCNc1ccccc1CC. The minimum atomic E-state index is -2.88. The highest BCUT2D eigenvalue weighted by molar-refractivity contribution is 7.91. The van der Waals surface area contributed by atoms with Gasteiger partial charge in [-0.3, -0.25) is 0 Å². The topological polar surface area (TPSA) is 46.2 Å². The van der Waals surface area contributed by atoms with Gasteiger partial charge in [-0.05, 0) is 24.5 Å². The summed E-state index contributed by atoms with van der Waals surface area (Å²) in [4.78, 5) is 0. The van der Waals surface area contributed by atoms with E-state index in [1.54, 1.807) is 0 Å². The van der Waals surface area contributed by atoms with Crippen LogP contribution in [0.4, 0.5) is 5.69 Å². The van der Waals surface area contributed by atoms with Crippen LogP contribution in [0.3, 0.4) is 0 Å². The Hall–Kier alpha value is -1.03. The third-order valence-corrected chi connectivity index (χ3v) is 4.50. The lowest BCUT2D eigenvalue weighted by Gasteiger charge is -2.10. The molecule has 1 rings (SSSR count). The Morgan fingerprint density at radius 3 is 2.47 bits per heavy atom. The van der Waals surface area contributed by atoms with Crippen LogP contribution >= 0.6 is 0 Å². The van der Waals surface area contributed by atoms with Gasteiger partial charge in [0.1, 0.15) is 0 Å². The van der Waals surface area contributed by atoms with Crippen LogP contribution in [0.2, 0.25) is 0 Å². The molecular weight excluding hydrogens is 234 g/mol. The maximum Gasteiger partial charge on any atom is 0.152 e. The fourth-order valence-corrected chi connectivity index (χ4v) is 2.99. The molecule has 17 heavy (non-hydrogen) atoms. The highest BCUT2D eigenvalue weighted by atomic mass is 32.2. The second-order valence-electron chi connectivity index (χ2n) is 4.09. The summed E-state index contributed by atoms with van der Waals surface area (Å²) in [6.07, 6.45) is 1.64. The Morgan fingerprint density at radius 2 is 1.82 bits per heavy atom. The minimum absolute atomic E-state index is 0.207. The number of para-hydroxylation sites is 1. The van der Waals surface area contributed by atoms with Crippen molar-refractivity contribution in [1.82, 2.24) is 0 Å². The summed E-state index contributed by atoms with van der Waals surface area (Å²) < 4.78 is 23.1. The number of hydrogen-bond donors (Lipinski definition) is 1. The zero-order chi connectivity index (χ0) is 12.7. The molecule has 0 aliphatic rings. The van der Waals surface area contributed by atoms with Crippen LogP contribution in [0.15, 0.2) is 24.3 Å². The van der Waals surface area contributed by atoms with Gasteiger partial charge in [-0.2, -0.15) is 0 Å². The summed E-state index contributed by atoms with van der Waals surface area (Å²) in [6, 6.07) is 8.01. The average molecular weight is 255 g/mol. The Labute approximate surface area is 104 Å². The Kier molecular flexibility index (Phi) is 5.48. The molecule has 0 unspecified atom stereocenters. The van der Waals surface area contributed by atoms with Crippen LogP contribution in [-0.4, -0.2) is 26.5 Å². The van der Waals surface area contributed by atoms with Crippen molar-refractivity contribution in [2.45, 2.75) is 26.7 Å². The van der Waals surface area contributed by atoms with Crippen LogP contribution in [0.1, 0.15) is 25.8 Å². The largest absolute Gasteiger partial charge is 0.384 e. The summed E-state index contributed by atoms with van der Waals surface area (Å²) in [5, 5.41) is 3.20. The van der Waals surface area contributed by atoms with Crippen molar-refractivity contribution in [1.29, 1.82) is 0 Å². The Bertz CT molecular complexity index is 440. The Balaban J connectivity index is 2.51. The maximum absolute atomic E-state index is 11.5. The first-order chi connectivity index (χ1) is 8.09. The van der Waals surface area contributed by atoms with Crippen LogP contribution in [0.5, 0.6) is 0 Å². The van der Waals surface area contributed by atoms with E-state index in [0.717, 1.165) is 12.1 Å². The van der Waals surface area contributed by atoms with Crippen LogP contribution in [-0.2, 0) is 16.3 Å². The molecular formula is C13H21NO2S. The van der Waals surface area contributed by atoms with E-state index in [1.165, 1.54) is 5.56 Å². The van der Waals surface area contributed by atoms with Gasteiger partial charge in [-0.1, -0.05) is 32.0 Å². The third-order valence-electron chi connectivity index (χ3n) is 2.64. The first kappa shape index (κ1) is 14.0. The lowest BCUT2D eigenvalue weighted by Crippen LogP contribution is -2.18. The highest BCUT2D eigenvalue weighted by Gasteiger charge is 2.08. The lowest BCUT2D eigenvalue weighted by molar-refractivity contribution is 0.595. The summed E-state index contributed by atoms with van der Waals surface area (Å²) in [6.45, 7) is 4.46. The summed E-state index contributed by atoms with van der Waals surface area (Å²) in [7, 11) is -2.88. The molecule has 0 aliphatic carbocycles. The van der Waals surface area contributed by atoms with E-state index in [4.69, 9.17) is 0 Å². The number of rotatable bonds is 7. The molecule has 1 aromatic carbocycles. The molecule has 0 saturated carbocycles. The van der Waals surface area contributed by atoms with E-state index in [9.17, 15) is 8.42 Å². The summed E-state index contributed by atoms with van der Waals surface area (Å²) in [5.74, 6) is 0.489. The zero-order valence-corrected chi connectivity index (χ0v) is 11.4. The number of anilines is 1. The molecule has 0 saturated heterocycles. The highest BCUT2D eigenvalue weighted by Crippen LogP contribution is 2.14. The van der Waals surface area contributed by atoms with Gasteiger partial charge in [0.25, 0.3) is 0 Å². The molecule has 0 fully saturated rings. The van der Waals surface area contributed by atoms with Gasteiger partial charge in [-0.15, -0.1) is 0 Å². The molecule has 3 nitrogen and oxygen atoms in total. The van der Waals surface area contributed by atoms with Crippen molar-refractivity contribution in [2.75, 3.05) is 23.4 Å². The van der Waals surface area contributed by atoms with Crippen molar-refractivity contribution in [3.05, 3.63) is 29.8 Å². The smallest absolute Gasteiger partial charge is 0.152 e. The van der Waals surface area contributed by atoms with Gasteiger partial charge in [0.05, 0.1) is 5.75 Å². The summed E-state index contributed by atoms with van der Waals surface area (Å²) >= 11 is 0. The lowest BCUT2D eigenvalue weighted by atomic mass is 10.1. The molecule has 0 spiro atoms. The average Bonchev–Trinajstić information content (AvgIpc) is 2.29. The predicted molar refractivity (Wildman–Crippen MR) is 73.3 cm³/mol.